The Labute approximate surface area is 208 Å². The molecule has 3 atom stereocenters. The molecule has 5 rings (SSSR count). The lowest BCUT2D eigenvalue weighted by molar-refractivity contribution is 0.0785. The molecular formula is C26H27N7O3. The molecule has 10 nitrogen and oxygen atoms in total. The van der Waals surface area contributed by atoms with Gasteiger partial charge < -0.3 is 25.8 Å². The zero-order chi connectivity index (χ0) is 25.2. The summed E-state index contributed by atoms with van der Waals surface area (Å²) >= 11 is 0. The number of nitrogens with one attached hydrogen (secondary N) is 1. The molecule has 0 spiro atoms. The Morgan fingerprint density at radius 3 is 2.67 bits per heavy atom. The Bertz CT molecular complexity index is 1380. The number of aliphatic hydroxyl groups excluding tert-OH is 1. The van der Waals surface area contributed by atoms with Gasteiger partial charge in [0.15, 0.2) is 0 Å². The number of methoxy groups -OCH3 is 1. The van der Waals surface area contributed by atoms with E-state index < -0.39 is 6.10 Å². The Balaban J connectivity index is 1.40. The molecule has 0 bridgehead atoms. The van der Waals surface area contributed by atoms with Crippen LogP contribution in [0.4, 0.5) is 11.4 Å². The average Bonchev–Trinajstić information content (AvgIpc) is 2.91. The molecule has 1 fully saturated rings. The SMILES string of the molecule is COc1ccc(-c2cnc3ccc(C(=O)Nc4cnccc4N4CC(C)C(O)C(N)C4)nc3c2)cn1. The number of rotatable bonds is 5. The zero-order valence-electron chi connectivity index (χ0n) is 20.0. The molecule has 0 radical (unpaired) electrons. The molecule has 4 aromatic rings. The van der Waals surface area contributed by atoms with Crippen LogP contribution in [0.3, 0.4) is 0 Å². The first-order valence-electron chi connectivity index (χ1n) is 11.6. The molecule has 5 heterocycles. The number of anilines is 2. The third kappa shape index (κ3) is 4.68. The topological polar surface area (TPSA) is 139 Å². The summed E-state index contributed by atoms with van der Waals surface area (Å²) < 4.78 is 5.12. The average molecular weight is 486 g/mol. The van der Waals surface area contributed by atoms with Crippen molar-refractivity contribution in [3.63, 3.8) is 0 Å². The van der Waals surface area contributed by atoms with Crippen LogP contribution in [-0.4, -0.2) is 63.3 Å². The first kappa shape index (κ1) is 23.6. The third-order valence-electron chi connectivity index (χ3n) is 6.40. The number of amides is 1. The number of carbonyl (C=O) groups excluding carboxylic acids is 1. The molecular weight excluding hydrogens is 458 g/mol. The number of hydrogen-bond donors (Lipinski definition) is 3. The molecule has 4 aromatic heterocycles. The van der Waals surface area contributed by atoms with Crippen LogP contribution in [0, 0.1) is 5.92 Å². The molecule has 1 saturated heterocycles. The number of aliphatic hydroxyl groups is 1. The highest BCUT2D eigenvalue weighted by Gasteiger charge is 2.32. The fraction of sp³-hybridized carbons (Fsp3) is 0.269. The van der Waals surface area contributed by atoms with Crippen molar-refractivity contribution < 1.29 is 14.6 Å². The normalized spacial score (nSPS) is 19.8. The number of aromatic nitrogens is 4. The van der Waals surface area contributed by atoms with E-state index in [2.05, 4.69) is 30.2 Å². The van der Waals surface area contributed by atoms with Gasteiger partial charge in [0.05, 0.1) is 41.8 Å². The van der Waals surface area contributed by atoms with Gasteiger partial charge in [-0.2, -0.15) is 0 Å². The molecule has 0 saturated carbocycles. The van der Waals surface area contributed by atoms with Crippen LogP contribution < -0.4 is 20.7 Å². The van der Waals surface area contributed by atoms with E-state index in [0.717, 1.165) is 16.8 Å². The van der Waals surface area contributed by atoms with Gasteiger partial charge in [0.1, 0.15) is 5.69 Å². The van der Waals surface area contributed by atoms with Gasteiger partial charge in [0, 0.05) is 60.8 Å². The molecule has 1 aliphatic heterocycles. The van der Waals surface area contributed by atoms with Crippen molar-refractivity contribution in [3.8, 4) is 17.0 Å². The molecule has 1 aliphatic rings. The number of carbonyl (C=O) groups is 1. The van der Waals surface area contributed by atoms with E-state index >= 15 is 0 Å². The highest BCUT2D eigenvalue weighted by atomic mass is 16.5. The molecule has 0 aromatic carbocycles. The Morgan fingerprint density at radius 2 is 1.92 bits per heavy atom. The van der Waals surface area contributed by atoms with Gasteiger partial charge in [0.25, 0.3) is 5.91 Å². The van der Waals surface area contributed by atoms with Crippen molar-refractivity contribution in [2.75, 3.05) is 30.4 Å². The van der Waals surface area contributed by atoms with Crippen molar-refractivity contribution in [2.24, 2.45) is 11.7 Å². The zero-order valence-corrected chi connectivity index (χ0v) is 20.0. The lowest BCUT2D eigenvalue weighted by Gasteiger charge is -2.40. The highest BCUT2D eigenvalue weighted by Crippen LogP contribution is 2.30. The smallest absolute Gasteiger partial charge is 0.274 e. The summed E-state index contributed by atoms with van der Waals surface area (Å²) in [5.74, 6) is 0.156. The predicted molar refractivity (Wildman–Crippen MR) is 137 cm³/mol. The summed E-state index contributed by atoms with van der Waals surface area (Å²) in [6.45, 7) is 3.05. The fourth-order valence-electron chi connectivity index (χ4n) is 4.42. The lowest BCUT2D eigenvalue weighted by Crippen LogP contribution is -2.55. The molecule has 4 N–H and O–H groups in total. The fourth-order valence-corrected chi connectivity index (χ4v) is 4.42. The van der Waals surface area contributed by atoms with Gasteiger partial charge in [-0.25, -0.2) is 9.97 Å². The minimum absolute atomic E-state index is 0.00443. The van der Waals surface area contributed by atoms with Crippen LogP contribution >= 0.6 is 0 Å². The van der Waals surface area contributed by atoms with E-state index in [-0.39, 0.29) is 23.6 Å². The molecule has 1 amide bonds. The van der Waals surface area contributed by atoms with E-state index in [1.807, 2.05) is 25.1 Å². The van der Waals surface area contributed by atoms with E-state index in [9.17, 15) is 9.90 Å². The van der Waals surface area contributed by atoms with Gasteiger partial charge in [-0.1, -0.05) is 6.92 Å². The molecule has 10 heteroatoms. The predicted octanol–water partition coefficient (Wildman–Crippen LogP) is 2.49. The van der Waals surface area contributed by atoms with Crippen molar-refractivity contribution in [1.29, 1.82) is 0 Å². The highest BCUT2D eigenvalue weighted by molar-refractivity contribution is 6.05. The standard InChI is InChI=1S/C26H27N7O3/c1-15-13-33(14-18(27)25(15)34)23-7-8-28-12-22(23)32-26(35)20-5-4-19-21(31-20)9-17(11-29-19)16-3-6-24(36-2)30-10-16/h3-12,15,18,25,34H,13-14,27H2,1-2H3,(H,32,35). The number of ether oxygens (including phenoxy) is 1. The second kappa shape index (κ2) is 9.84. The Hall–Kier alpha value is -4.15. The minimum atomic E-state index is -0.560. The van der Waals surface area contributed by atoms with Crippen LogP contribution in [0.2, 0.25) is 0 Å². The van der Waals surface area contributed by atoms with Crippen LogP contribution in [-0.2, 0) is 0 Å². The van der Waals surface area contributed by atoms with Gasteiger partial charge in [-0.05, 0) is 30.3 Å². The van der Waals surface area contributed by atoms with Crippen LogP contribution in [0.5, 0.6) is 5.88 Å². The van der Waals surface area contributed by atoms with Crippen LogP contribution in [0.1, 0.15) is 17.4 Å². The monoisotopic (exact) mass is 485 g/mol. The summed E-state index contributed by atoms with van der Waals surface area (Å²) in [5, 5.41) is 13.2. The molecule has 184 valence electrons. The maximum absolute atomic E-state index is 13.2. The lowest BCUT2D eigenvalue weighted by atomic mass is 9.92. The quantitative estimate of drug-likeness (QED) is 0.389. The van der Waals surface area contributed by atoms with Crippen LogP contribution in [0.25, 0.3) is 22.2 Å². The second-order valence-electron chi connectivity index (χ2n) is 8.93. The largest absolute Gasteiger partial charge is 0.481 e. The number of nitrogens with zero attached hydrogens (tertiary/aromatic N) is 5. The summed E-state index contributed by atoms with van der Waals surface area (Å²) in [6.07, 6.45) is 6.16. The third-order valence-corrected chi connectivity index (χ3v) is 6.40. The van der Waals surface area contributed by atoms with Crippen molar-refractivity contribution >= 4 is 28.3 Å². The summed E-state index contributed by atoms with van der Waals surface area (Å²) in [5.41, 5.74) is 10.7. The van der Waals surface area contributed by atoms with Crippen molar-refractivity contribution in [2.45, 2.75) is 19.1 Å². The Kier molecular flexibility index (Phi) is 6.45. The molecule has 0 aliphatic carbocycles. The molecule has 3 unspecified atom stereocenters. The van der Waals surface area contributed by atoms with Crippen LogP contribution in [0.15, 0.2) is 61.2 Å². The molecule has 36 heavy (non-hydrogen) atoms. The Morgan fingerprint density at radius 1 is 1.08 bits per heavy atom. The summed E-state index contributed by atoms with van der Waals surface area (Å²) in [7, 11) is 1.57. The minimum Gasteiger partial charge on any atom is -0.481 e. The van der Waals surface area contributed by atoms with Crippen molar-refractivity contribution in [1.82, 2.24) is 19.9 Å². The number of fused-ring (bicyclic) bond motifs is 1. The van der Waals surface area contributed by atoms with Gasteiger partial charge in [-0.15, -0.1) is 0 Å². The van der Waals surface area contributed by atoms with Gasteiger partial charge in [0.2, 0.25) is 5.88 Å². The summed E-state index contributed by atoms with van der Waals surface area (Å²) in [6, 6.07) is 10.4. The maximum Gasteiger partial charge on any atom is 0.274 e. The van der Waals surface area contributed by atoms with E-state index in [4.69, 9.17) is 10.5 Å². The number of piperidine rings is 1. The number of hydrogen-bond acceptors (Lipinski definition) is 9. The first-order chi connectivity index (χ1) is 17.4. The number of nitrogens with two attached hydrogens (primary N) is 1. The van der Waals surface area contributed by atoms with E-state index in [1.165, 1.54) is 0 Å². The maximum atomic E-state index is 13.2. The summed E-state index contributed by atoms with van der Waals surface area (Å²) in [4.78, 5) is 32.7. The van der Waals surface area contributed by atoms with Crippen molar-refractivity contribution in [3.05, 3.63) is 66.9 Å². The van der Waals surface area contributed by atoms with Gasteiger partial charge >= 0.3 is 0 Å². The number of pyridine rings is 4. The van der Waals surface area contributed by atoms with E-state index in [0.29, 0.717) is 35.7 Å². The van der Waals surface area contributed by atoms with Gasteiger partial charge in [-0.3, -0.25) is 14.8 Å². The first-order valence-corrected chi connectivity index (χ1v) is 11.6. The second-order valence-corrected chi connectivity index (χ2v) is 8.93. The van der Waals surface area contributed by atoms with E-state index in [1.54, 1.807) is 50.1 Å².